The summed E-state index contributed by atoms with van der Waals surface area (Å²) >= 11 is 0. The lowest BCUT2D eigenvalue weighted by molar-refractivity contribution is 0.624. The second-order valence-electron chi connectivity index (χ2n) is 3.82. The maximum atomic E-state index is 12.8. The highest BCUT2D eigenvalue weighted by atomic mass is 19.1. The zero-order chi connectivity index (χ0) is 8.77. The quantitative estimate of drug-likeness (QED) is 0.677. The maximum absolute atomic E-state index is 12.8. The summed E-state index contributed by atoms with van der Waals surface area (Å²) < 4.78 is 12.8. The van der Waals surface area contributed by atoms with Crippen LogP contribution in [0.3, 0.4) is 0 Å². The summed E-state index contributed by atoms with van der Waals surface area (Å²) in [6, 6.07) is 6.70. The minimum Gasteiger partial charge on any atom is -0.325 e. The SMILES string of the molecule is CC1(N)CC1c1cccc(F)c1. The average Bonchev–Trinajstić information content (AvgIpc) is 2.60. The van der Waals surface area contributed by atoms with Crippen LogP contribution in [0, 0.1) is 5.82 Å². The van der Waals surface area contributed by atoms with Gasteiger partial charge in [0.1, 0.15) is 5.82 Å². The number of halogens is 1. The molecule has 0 heterocycles. The fourth-order valence-electron chi connectivity index (χ4n) is 1.60. The second kappa shape index (κ2) is 2.30. The van der Waals surface area contributed by atoms with E-state index in [9.17, 15) is 4.39 Å². The van der Waals surface area contributed by atoms with Crippen molar-refractivity contribution in [3.63, 3.8) is 0 Å². The molecule has 2 N–H and O–H groups in total. The van der Waals surface area contributed by atoms with Crippen molar-refractivity contribution in [1.82, 2.24) is 0 Å². The Morgan fingerprint density at radius 3 is 2.75 bits per heavy atom. The van der Waals surface area contributed by atoms with E-state index in [4.69, 9.17) is 5.73 Å². The van der Waals surface area contributed by atoms with Crippen molar-refractivity contribution in [3.8, 4) is 0 Å². The second-order valence-corrected chi connectivity index (χ2v) is 3.82. The van der Waals surface area contributed by atoms with Crippen LogP contribution < -0.4 is 5.73 Å². The molecular weight excluding hydrogens is 153 g/mol. The Bertz CT molecular complexity index is 306. The van der Waals surface area contributed by atoms with Gasteiger partial charge in [-0.05, 0) is 31.0 Å². The predicted octanol–water partition coefficient (Wildman–Crippen LogP) is 2.03. The van der Waals surface area contributed by atoms with Gasteiger partial charge in [-0.15, -0.1) is 0 Å². The summed E-state index contributed by atoms with van der Waals surface area (Å²) in [6.07, 6.45) is 0.969. The molecule has 0 saturated heterocycles. The zero-order valence-electron chi connectivity index (χ0n) is 7.05. The van der Waals surface area contributed by atoms with Gasteiger partial charge < -0.3 is 5.73 Å². The van der Waals surface area contributed by atoms with Crippen molar-refractivity contribution in [2.24, 2.45) is 5.73 Å². The molecule has 1 aromatic rings. The molecule has 1 fully saturated rings. The van der Waals surface area contributed by atoms with Crippen LogP contribution in [0.25, 0.3) is 0 Å². The van der Waals surface area contributed by atoms with Crippen LogP contribution in [0.1, 0.15) is 24.8 Å². The molecule has 0 bridgehead atoms. The molecule has 12 heavy (non-hydrogen) atoms. The molecule has 1 aliphatic rings. The monoisotopic (exact) mass is 165 g/mol. The molecule has 0 spiro atoms. The first-order chi connectivity index (χ1) is 5.59. The van der Waals surface area contributed by atoms with E-state index in [-0.39, 0.29) is 11.4 Å². The third-order valence-corrected chi connectivity index (χ3v) is 2.53. The lowest BCUT2D eigenvalue weighted by Crippen LogP contribution is -2.18. The van der Waals surface area contributed by atoms with Crippen LogP contribution in [0.2, 0.25) is 0 Å². The van der Waals surface area contributed by atoms with Crippen LogP contribution in [-0.4, -0.2) is 5.54 Å². The van der Waals surface area contributed by atoms with Gasteiger partial charge in [0, 0.05) is 11.5 Å². The van der Waals surface area contributed by atoms with Gasteiger partial charge in [-0.1, -0.05) is 12.1 Å². The Morgan fingerprint density at radius 2 is 2.25 bits per heavy atom. The molecule has 0 aliphatic heterocycles. The van der Waals surface area contributed by atoms with Gasteiger partial charge in [-0.3, -0.25) is 0 Å². The molecule has 2 rings (SSSR count). The molecule has 0 aromatic heterocycles. The minimum atomic E-state index is -0.171. The molecule has 0 amide bonds. The Hall–Kier alpha value is -0.890. The molecule has 1 nitrogen and oxygen atoms in total. The van der Waals surface area contributed by atoms with Crippen molar-refractivity contribution < 1.29 is 4.39 Å². The minimum absolute atomic E-state index is 0.103. The summed E-state index contributed by atoms with van der Waals surface area (Å²) in [7, 11) is 0. The molecule has 2 unspecified atom stereocenters. The van der Waals surface area contributed by atoms with Crippen molar-refractivity contribution in [2.75, 3.05) is 0 Å². The molecule has 1 aromatic carbocycles. The third-order valence-electron chi connectivity index (χ3n) is 2.53. The standard InChI is InChI=1S/C10H12FN/c1-10(12)6-9(10)7-3-2-4-8(11)5-7/h2-5,9H,6,12H2,1H3. The van der Waals surface area contributed by atoms with Gasteiger partial charge in [0.2, 0.25) is 0 Å². The van der Waals surface area contributed by atoms with Gasteiger partial charge in [0.15, 0.2) is 0 Å². The average molecular weight is 165 g/mol. The first-order valence-electron chi connectivity index (χ1n) is 4.14. The predicted molar refractivity (Wildman–Crippen MR) is 46.4 cm³/mol. The Kier molecular flexibility index (Phi) is 1.48. The van der Waals surface area contributed by atoms with E-state index in [1.54, 1.807) is 12.1 Å². The smallest absolute Gasteiger partial charge is 0.123 e. The first-order valence-corrected chi connectivity index (χ1v) is 4.14. The number of benzene rings is 1. The Morgan fingerprint density at radius 1 is 1.58 bits per heavy atom. The van der Waals surface area contributed by atoms with Crippen molar-refractivity contribution in [2.45, 2.75) is 24.8 Å². The molecule has 1 aliphatic carbocycles. The Labute approximate surface area is 71.4 Å². The topological polar surface area (TPSA) is 26.0 Å². The van der Waals surface area contributed by atoms with Crippen molar-refractivity contribution >= 4 is 0 Å². The lowest BCUT2D eigenvalue weighted by atomic mass is 10.1. The number of hydrogen-bond donors (Lipinski definition) is 1. The summed E-state index contributed by atoms with van der Waals surface area (Å²) in [6.45, 7) is 2.00. The maximum Gasteiger partial charge on any atom is 0.123 e. The van der Waals surface area contributed by atoms with E-state index in [2.05, 4.69) is 0 Å². The highest BCUT2D eigenvalue weighted by molar-refractivity contribution is 5.32. The highest BCUT2D eigenvalue weighted by Crippen LogP contribution is 2.48. The van der Waals surface area contributed by atoms with Gasteiger partial charge in [-0.2, -0.15) is 0 Å². The number of nitrogens with two attached hydrogens (primary N) is 1. The fraction of sp³-hybridized carbons (Fsp3) is 0.400. The van der Waals surface area contributed by atoms with Crippen LogP contribution in [0.5, 0.6) is 0 Å². The van der Waals surface area contributed by atoms with E-state index < -0.39 is 0 Å². The van der Waals surface area contributed by atoms with E-state index in [1.165, 1.54) is 6.07 Å². The van der Waals surface area contributed by atoms with Crippen LogP contribution in [-0.2, 0) is 0 Å². The summed E-state index contributed by atoms with van der Waals surface area (Å²) in [4.78, 5) is 0. The summed E-state index contributed by atoms with van der Waals surface area (Å²) in [5, 5.41) is 0. The molecule has 64 valence electrons. The number of hydrogen-bond acceptors (Lipinski definition) is 1. The van der Waals surface area contributed by atoms with Gasteiger partial charge in [-0.25, -0.2) is 4.39 Å². The van der Waals surface area contributed by atoms with Crippen molar-refractivity contribution in [3.05, 3.63) is 35.6 Å². The summed E-state index contributed by atoms with van der Waals surface area (Å²) in [5.74, 6) is 0.184. The molecule has 0 radical (unpaired) electrons. The van der Waals surface area contributed by atoms with Gasteiger partial charge in [0.25, 0.3) is 0 Å². The molecule has 1 saturated carbocycles. The number of rotatable bonds is 1. The molecule has 2 atom stereocenters. The third kappa shape index (κ3) is 1.23. The Balaban J connectivity index is 2.26. The highest BCUT2D eigenvalue weighted by Gasteiger charge is 2.47. The van der Waals surface area contributed by atoms with E-state index in [0.29, 0.717) is 5.92 Å². The summed E-state index contributed by atoms with van der Waals surface area (Å²) in [5.41, 5.74) is 6.79. The largest absolute Gasteiger partial charge is 0.325 e. The van der Waals surface area contributed by atoms with Crippen LogP contribution in [0.4, 0.5) is 4.39 Å². The lowest BCUT2D eigenvalue weighted by Gasteiger charge is -2.03. The normalized spacial score (nSPS) is 33.4. The zero-order valence-corrected chi connectivity index (χ0v) is 7.05. The van der Waals surface area contributed by atoms with Gasteiger partial charge >= 0.3 is 0 Å². The molecular formula is C10H12FN. The van der Waals surface area contributed by atoms with E-state index in [0.717, 1.165) is 12.0 Å². The van der Waals surface area contributed by atoms with E-state index >= 15 is 0 Å². The molecule has 2 heteroatoms. The van der Waals surface area contributed by atoms with Crippen LogP contribution in [0.15, 0.2) is 24.3 Å². The first kappa shape index (κ1) is 7.74. The van der Waals surface area contributed by atoms with Crippen LogP contribution >= 0.6 is 0 Å². The fourth-order valence-corrected chi connectivity index (χ4v) is 1.60. The van der Waals surface area contributed by atoms with Gasteiger partial charge in [0.05, 0.1) is 0 Å². The van der Waals surface area contributed by atoms with Crippen molar-refractivity contribution in [1.29, 1.82) is 0 Å². The van der Waals surface area contributed by atoms with E-state index in [1.807, 2.05) is 13.0 Å².